The van der Waals surface area contributed by atoms with Gasteiger partial charge in [0, 0.05) is 25.9 Å². The van der Waals surface area contributed by atoms with Crippen LogP contribution in [0.25, 0.3) is 0 Å². The number of amides is 1. The standard InChI is InChI=1S/C11H14N2O/c1-13(2)9-5-3-4-6-10-7-8-11(14)12-10/h3-9H,1-2H3,(H,12,14)/b4-3+,9-5+,10-6-. The first-order valence-electron chi connectivity index (χ1n) is 4.39. The van der Waals surface area contributed by atoms with Gasteiger partial charge in [0.2, 0.25) is 5.91 Å². The lowest BCUT2D eigenvalue weighted by molar-refractivity contribution is -0.115. The third-order valence-electron chi connectivity index (χ3n) is 1.56. The average Bonchev–Trinajstić information content (AvgIpc) is 2.50. The zero-order valence-corrected chi connectivity index (χ0v) is 8.40. The summed E-state index contributed by atoms with van der Waals surface area (Å²) in [4.78, 5) is 12.7. The summed E-state index contributed by atoms with van der Waals surface area (Å²) in [6.07, 6.45) is 12.8. The van der Waals surface area contributed by atoms with E-state index >= 15 is 0 Å². The van der Waals surface area contributed by atoms with Gasteiger partial charge in [-0.2, -0.15) is 0 Å². The normalized spacial score (nSPS) is 18.7. The quantitative estimate of drug-likeness (QED) is 0.678. The van der Waals surface area contributed by atoms with Crippen LogP contribution in [0.1, 0.15) is 0 Å². The molecule has 14 heavy (non-hydrogen) atoms. The SMILES string of the molecule is CN(C)/C=C/C=C/C=C1/C=CC(=O)N1. The Labute approximate surface area is 84.1 Å². The highest BCUT2D eigenvalue weighted by molar-refractivity contribution is 5.93. The van der Waals surface area contributed by atoms with Gasteiger partial charge in [-0.05, 0) is 24.4 Å². The Balaban J connectivity index is 2.40. The van der Waals surface area contributed by atoms with Gasteiger partial charge >= 0.3 is 0 Å². The largest absolute Gasteiger partial charge is 0.383 e. The number of nitrogens with zero attached hydrogens (tertiary/aromatic N) is 1. The van der Waals surface area contributed by atoms with Gasteiger partial charge in [0.05, 0.1) is 0 Å². The lowest BCUT2D eigenvalue weighted by Crippen LogP contribution is -2.12. The second kappa shape index (κ2) is 5.07. The van der Waals surface area contributed by atoms with Gasteiger partial charge in [-0.25, -0.2) is 0 Å². The molecule has 3 nitrogen and oxygen atoms in total. The Morgan fingerprint density at radius 2 is 2.00 bits per heavy atom. The molecule has 0 aromatic heterocycles. The van der Waals surface area contributed by atoms with Crippen LogP contribution < -0.4 is 5.32 Å². The molecule has 0 saturated heterocycles. The van der Waals surface area contributed by atoms with Crippen LogP contribution in [0.4, 0.5) is 0 Å². The number of nitrogens with one attached hydrogen (secondary N) is 1. The van der Waals surface area contributed by atoms with Crippen molar-refractivity contribution in [1.82, 2.24) is 10.2 Å². The molecule has 0 bridgehead atoms. The molecular weight excluding hydrogens is 176 g/mol. The second-order valence-electron chi connectivity index (χ2n) is 3.13. The molecule has 1 amide bonds. The van der Waals surface area contributed by atoms with Crippen molar-refractivity contribution in [3.63, 3.8) is 0 Å². The fourth-order valence-corrected chi connectivity index (χ4v) is 0.933. The van der Waals surface area contributed by atoms with Crippen molar-refractivity contribution < 1.29 is 4.79 Å². The Bertz CT molecular complexity index is 322. The van der Waals surface area contributed by atoms with Gasteiger partial charge in [-0.15, -0.1) is 0 Å². The fourth-order valence-electron chi connectivity index (χ4n) is 0.933. The third kappa shape index (κ3) is 3.76. The van der Waals surface area contributed by atoms with E-state index in [4.69, 9.17) is 0 Å². The van der Waals surface area contributed by atoms with Crippen molar-refractivity contribution >= 4 is 5.91 Å². The maximum Gasteiger partial charge on any atom is 0.248 e. The van der Waals surface area contributed by atoms with Crippen LogP contribution in [0, 0.1) is 0 Å². The summed E-state index contributed by atoms with van der Waals surface area (Å²) in [6.45, 7) is 0. The third-order valence-corrected chi connectivity index (χ3v) is 1.56. The van der Waals surface area contributed by atoms with Crippen LogP contribution in [-0.4, -0.2) is 24.9 Å². The van der Waals surface area contributed by atoms with E-state index in [1.807, 2.05) is 49.5 Å². The van der Waals surface area contributed by atoms with Gasteiger partial charge in [-0.1, -0.05) is 12.2 Å². The Kier molecular flexibility index (Phi) is 3.73. The van der Waals surface area contributed by atoms with E-state index in [2.05, 4.69) is 5.32 Å². The summed E-state index contributed by atoms with van der Waals surface area (Å²) in [7, 11) is 3.92. The number of rotatable bonds is 3. The molecule has 1 rings (SSSR count). The van der Waals surface area contributed by atoms with E-state index in [0.717, 1.165) is 5.70 Å². The van der Waals surface area contributed by atoms with Crippen molar-refractivity contribution in [3.05, 3.63) is 48.4 Å². The first-order valence-corrected chi connectivity index (χ1v) is 4.39. The predicted molar refractivity (Wildman–Crippen MR) is 57.3 cm³/mol. The predicted octanol–water partition coefficient (Wildman–Crippen LogP) is 1.19. The second-order valence-corrected chi connectivity index (χ2v) is 3.13. The zero-order chi connectivity index (χ0) is 10.4. The molecule has 0 spiro atoms. The average molecular weight is 190 g/mol. The van der Waals surface area contributed by atoms with E-state index in [0.29, 0.717) is 0 Å². The van der Waals surface area contributed by atoms with Crippen LogP contribution in [0.5, 0.6) is 0 Å². The minimum Gasteiger partial charge on any atom is -0.383 e. The molecule has 74 valence electrons. The van der Waals surface area contributed by atoms with E-state index < -0.39 is 0 Å². The maximum absolute atomic E-state index is 10.7. The van der Waals surface area contributed by atoms with Crippen molar-refractivity contribution in [2.75, 3.05) is 14.1 Å². The number of allylic oxidation sites excluding steroid dienone is 5. The number of carbonyl (C=O) groups is 1. The summed E-state index contributed by atoms with van der Waals surface area (Å²) in [5.74, 6) is -0.0616. The van der Waals surface area contributed by atoms with E-state index in [1.54, 1.807) is 6.08 Å². The van der Waals surface area contributed by atoms with Gasteiger partial charge in [0.1, 0.15) is 0 Å². The summed E-state index contributed by atoms with van der Waals surface area (Å²) in [6, 6.07) is 0. The molecule has 0 saturated carbocycles. The topological polar surface area (TPSA) is 32.3 Å². The summed E-state index contributed by atoms with van der Waals surface area (Å²) in [5.41, 5.74) is 0.824. The van der Waals surface area contributed by atoms with Crippen LogP contribution in [-0.2, 0) is 4.79 Å². The summed E-state index contributed by atoms with van der Waals surface area (Å²) >= 11 is 0. The molecule has 0 aliphatic carbocycles. The smallest absolute Gasteiger partial charge is 0.248 e. The Morgan fingerprint density at radius 3 is 2.57 bits per heavy atom. The molecule has 0 radical (unpaired) electrons. The van der Waals surface area contributed by atoms with Gasteiger partial charge in [-0.3, -0.25) is 4.79 Å². The molecule has 0 unspecified atom stereocenters. The van der Waals surface area contributed by atoms with Gasteiger partial charge < -0.3 is 10.2 Å². The van der Waals surface area contributed by atoms with Crippen molar-refractivity contribution in [1.29, 1.82) is 0 Å². The van der Waals surface area contributed by atoms with Gasteiger partial charge in [0.25, 0.3) is 0 Å². The molecular formula is C11H14N2O. The fraction of sp³-hybridized carbons (Fsp3) is 0.182. The van der Waals surface area contributed by atoms with E-state index in [9.17, 15) is 4.79 Å². The van der Waals surface area contributed by atoms with Crippen molar-refractivity contribution in [2.24, 2.45) is 0 Å². The van der Waals surface area contributed by atoms with Crippen LogP contribution in [0.3, 0.4) is 0 Å². The molecule has 1 N–H and O–H groups in total. The first-order chi connectivity index (χ1) is 6.68. The molecule has 3 heteroatoms. The highest BCUT2D eigenvalue weighted by Gasteiger charge is 2.03. The Morgan fingerprint density at radius 1 is 1.21 bits per heavy atom. The molecule has 0 aromatic carbocycles. The molecule has 1 heterocycles. The highest BCUT2D eigenvalue weighted by Crippen LogP contribution is 2.00. The van der Waals surface area contributed by atoms with Crippen LogP contribution in [0.2, 0.25) is 0 Å². The number of hydrogen-bond donors (Lipinski definition) is 1. The first kappa shape index (κ1) is 10.3. The Hall–Kier alpha value is -1.77. The molecule has 0 fully saturated rings. The summed E-state index contributed by atoms with van der Waals surface area (Å²) < 4.78 is 0. The lowest BCUT2D eigenvalue weighted by atomic mass is 10.3. The van der Waals surface area contributed by atoms with Crippen molar-refractivity contribution in [2.45, 2.75) is 0 Å². The maximum atomic E-state index is 10.7. The van der Waals surface area contributed by atoms with Gasteiger partial charge in [0.15, 0.2) is 0 Å². The monoisotopic (exact) mass is 190 g/mol. The number of hydrogen-bond acceptors (Lipinski definition) is 2. The van der Waals surface area contributed by atoms with E-state index in [-0.39, 0.29) is 5.91 Å². The van der Waals surface area contributed by atoms with E-state index in [1.165, 1.54) is 6.08 Å². The minimum absolute atomic E-state index is 0.0616. The molecule has 0 atom stereocenters. The van der Waals surface area contributed by atoms with Crippen LogP contribution >= 0.6 is 0 Å². The van der Waals surface area contributed by atoms with Crippen LogP contribution in [0.15, 0.2) is 48.4 Å². The summed E-state index contributed by atoms with van der Waals surface area (Å²) in [5, 5.41) is 2.68. The number of carbonyl (C=O) groups excluding carboxylic acids is 1. The zero-order valence-electron chi connectivity index (χ0n) is 8.40. The molecule has 0 aromatic rings. The molecule has 1 aliphatic rings. The highest BCUT2D eigenvalue weighted by atomic mass is 16.1. The lowest BCUT2D eigenvalue weighted by Gasteiger charge is -2.00. The minimum atomic E-state index is -0.0616. The van der Waals surface area contributed by atoms with Crippen molar-refractivity contribution in [3.8, 4) is 0 Å². The molecule has 1 aliphatic heterocycles.